The van der Waals surface area contributed by atoms with Gasteiger partial charge in [-0.25, -0.2) is 13.8 Å². The number of alkyl halides is 1. The van der Waals surface area contributed by atoms with Crippen molar-refractivity contribution >= 4 is 32.4 Å². The molecule has 7 nitrogen and oxygen atoms in total. The third kappa shape index (κ3) is 5.37. The molecule has 2 fully saturated rings. The number of fused-ring (bicyclic) bond motifs is 3. The number of ether oxygens (including phenoxy) is 1. The molecule has 6 rings (SSSR count). The van der Waals surface area contributed by atoms with E-state index in [2.05, 4.69) is 15.5 Å². The Kier molecular flexibility index (Phi) is 7.51. The van der Waals surface area contributed by atoms with Gasteiger partial charge < -0.3 is 20.3 Å². The summed E-state index contributed by atoms with van der Waals surface area (Å²) < 4.78 is 36.8. The normalized spacial score (nSPS) is 18.8. The Morgan fingerprint density at radius 2 is 2.08 bits per heavy atom. The first-order chi connectivity index (χ1) is 19.0. The molecular formula is C29H33F2N5O2S. The van der Waals surface area contributed by atoms with Gasteiger partial charge in [0.25, 0.3) is 5.91 Å². The molecule has 2 saturated heterocycles. The van der Waals surface area contributed by atoms with E-state index in [1.807, 2.05) is 34.9 Å². The maximum absolute atomic E-state index is 15.1. The van der Waals surface area contributed by atoms with Gasteiger partial charge in [0.05, 0.1) is 28.6 Å². The smallest absolute Gasteiger partial charge is 0.255 e. The molecule has 0 aliphatic carbocycles. The third-order valence-corrected chi connectivity index (χ3v) is 8.86. The number of rotatable bonds is 8. The highest BCUT2D eigenvalue weighted by molar-refractivity contribution is 7.23. The van der Waals surface area contributed by atoms with Gasteiger partial charge in [0.15, 0.2) is 4.96 Å². The number of nitrogens with zero attached hydrogens (tertiary/aromatic N) is 3. The van der Waals surface area contributed by atoms with Gasteiger partial charge in [-0.3, -0.25) is 9.20 Å². The molecule has 0 spiro atoms. The molecular weight excluding hydrogens is 520 g/mol. The molecule has 0 bridgehead atoms. The summed E-state index contributed by atoms with van der Waals surface area (Å²) in [4.78, 5) is 20.7. The van der Waals surface area contributed by atoms with Crippen LogP contribution in [0.15, 0.2) is 36.5 Å². The average molecular weight is 554 g/mol. The van der Waals surface area contributed by atoms with Gasteiger partial charge in [-0.2, -0.15) is 0 Å². The van der Waals surface area contributed by atoms with Crippen molar-refractivity contribution in [2.24, 2.45) is 0 Å². The van der Waals surface area contributed by atoms with Crippen LogP contribution in [-0.4, -0.2) is 66.2 Å². The van der Waals surface area contributed by atoms with Crippen LogP contribution in [0.5, 0.6) is 5.75 Å². The predicted octanol–water partition coefficient (Wildman–Crippen LogP) is 5.34. The SMILES string of the molecule is COc1cc2c(cc1C(=O)NCCCN1CCC(F)CC1)sc1nc(-c3ccc([C@H]4CCCN4)cc3F)cn12. The van der Waals surface area contributed by atoms with Crippen molar-refractivity contribution < 1.29 is 18.3 Å². The zero-order chi connectivity index (χ0) is 26.9. The molecule has 2 aromatic heterocycles. The monoisotopic (exact) mass is 553 g/mol. The maximum Gasteiger partial charge on any atom is 0.255 e. The lowest BCUT2D eigenvalue weighted by Crippen LogP contribution is -2.36. The van der Waals surface area contributed by atoms with Crippen molar-refractivity contribution in [1.29, 1.82) is 0 Å². The lowest BCUT2D eigenvalue weighted by molar-refractivity contribution is 0.0947. The number of carbonyl (C=O) groups is 1. The molecule has 2 aliphatic heterocycles. The Morgan fingerprint density at radius 1 is 1.23 bits per heavy atom. The van der Waals surface area contributed by atoms with Crippen molar-refractivity contribution in [2.75, 3.05) is 39.8 Å². The number of carbonyl (C=O) groups excluding carboxylic acids is 1. The summed E-state index contributed by atoms with van der Waals surface area (Å²) in [6.07, 6.45) is 5.27. The van der Waals surface area contributed by atoms with Crippen LogP contribution >= 0.6 is 11.3 Å². The number of amides is 1. The number of aromatic nitrogens is 2. The van der Waals surface area contributed by atoms with E-state index in [0.29, 0.717) is 42.0 Å². The van der Waals surface area contributed by atoms with E-state index in [9.17, 15) is 9.18 Å². The minimum atomic E-state index is -0.679. The molecule has 39 heavy (non-hydrogen) atoms. The molecule has 1 atom stereocenters. The zero-order valence-electron chi connectivity index (χ0n) is 22.0. The highest BCUT2D eigenvalue weighted by Gasteiger charge is 2.21. The van der Waals surface area contributed by atoms with E-state index in [4.69, 9.17) is 9.72 Å². The summed E-state index contributed by atoms with van der Waals surface area (Å²) in [5.41, 5.74) is 3.33. The fourth-order valence-electron chi connectivity index (χ4n) is 5.65. The highest BCUT2D eigenvalue weighted by atomic mass is 32.1. The van der Waals surface area contributed by atoms with Crippen LogP contribution in [0, 0.1) is 5.82 Å². The number of benzene rings is 2. The quantitative estimate of drug-likeness (QED) is 0.288. The van der Waals surface area contributed by atoms with Crippen molar-refractivity contribution in [1.82, 2.24) is 24.9 Å². The van der Waals surface area contributed by atoms with Crippen LogP contribution in [0.1, 0.15) is 54.1 Å². The van der Waals surface area contributed by atoms with Crippen LogP contribution < -0.4 is 15.4 Å². The van der Waals surface area contributed by atoms with Gasteiger partial charge in [0, 0.05) is 43.5 Å². The summed E-state index contributed by atoms with van der Waals surface area (Å²) in [6, 6.07) is 9.29. The highest BCUT2D eigenvalue weighted by Crippen LogP contribution is 2.35. The van der Waals surface area contributed by atoms with Crippen molar-refractivity contribution in [3.63, 3.8) is 0 Å². The minimum Gasteiger partial charge on any atom is -0.496 e. The van der Waals surface area contributed by atoms with E-state index < -0.39 is 6.17 Å². The lowest BCUT2D eigenvalue weighted by Gasteiger charge is -2.28. The standard InChI is InChI=1S/C29H33F2N5O2S/c1-38-26-16-25-27(15-21(26)28(37)33-10-3-11-35-12-7-19(30)8-13-35)39-29-34-24(17-36(25)29)20-6-5-18(14-22(20)31)23-4-2-9-32-23/h5-6,14-17,19,23,32H,2-4,7-13H2,1H3,(H,33,37)/t23-/m1/s1. The number of hydrogen-bond donors (Lipinski definition) is 2. The Hall–Kier alpha value is -3.08. The van der Waals surface area contributed by atoms with E-state index in [1.165, 1.54) is 11.3 Å². The fraction of sp³-hybridized carbons (Fsp3) is 0.448. The number of piperidine rings is 1. The van der Waals surface area contributed by atoms with Gasteiger partial charge >= 0.3 is 0 Å². The molecule has 206 valence electrons. The molecule has 2 N–H and O–H groups in total. The second kappa shape index (κ2) is 11.2. The van der Waals surface area contributed by atoms with Crippen LogP contribution in [0.2, 0.25) is 0 Å². The Morgan fingerprint density at radius 3 is 2.82 bits per heavy atom. The molecule has 0 unspecified atom stereocenters. The molecule has 0 radical (unpaired) electrons. The maximum atomic E-state index is 15.1. The summed E-state index contributed by atoms with van der Waals surface area (Å²) in [7, 11) is 1.55. The van der Waals surface area contributed by atoms with Crippen LogP contribution in [0.25, 0.3) is 26.4 Å². The van der Waals surface area contributed by atoms with E-state index in [-0.39, 0.29) is 17.8 Å². The Labute approximate surface area is 230 Å². The number of halogens is 2. The molecule has 2 aliphatic rings. The summed E-state index contributed by atoms with van der Waals surface area (Å²) in [5.74, 6) is 0.00103. The summed E-state index contributed by atoms with van der Waals surface area (Å²) in [6.45, 7) is 3.89. The molecule has 4 aromatic rings. The number of likely N-dealkylation sites (tertiary alicyclic amines) is 1. The number of nitrogens with one attached hydrogen (secondary N) is 2. The largest absolute Gasteiger partial charge is 0.496 e. The second-order valence-corrected chi connectivity index (χ2v) is 11.4. The van der Waals surface area contributed by atoms with Gasteiger partial charge in [-0.05, 0) is 69.0 Å². The molecule has 2 aromatic carbocycles. The number of thiazole rings is 1. The second-order valence-electron chi connectivity index (χ2n) is 10.4. The van der Waals surface area contributed by atoms with Crippen LogP contribution in [-0.2, 0) is 0 Å². The van der Waals surface area contributed by atoms with Crippen molar-refractivity contribution in [3.8, 4) is 17.0 Å². The first-order valence-electron chi connectivity index (χ1n) is 13.7. The Balaban J connectivity index is 1.18. The zero-order valence-corrected chi connectivity index (χ0v) is 22.8. The average Bonchev–Trinajstić information content (AvgIpc) is 3.68. The number of hydrogen-bond acceptors (Lipinski definition) is 6. The van der Waals surface area contributed by atoms with Crippen molar-refractivity contribution in [2.45, 2.75) is 44.3 Å². The van der Waals surface area contributed by atoms with Crippen LogP contribution in [0.3, 0.4) is 0 Å². The fourth-order valence-corrected chi connectivity index (χ4v) is 6.68. The van der Waals surface area contributed by atoms with E-state index in [1.54, 1.807) is 13.2 Å². The minimum absolute atomic E-state index is 0.193. The number of imidazole rings is 1. The lowest BCUT2D eigenvalue weighted by atomic mass is 10.0. The predicted molar refractivity (Wildman–Crippen MR) is 150 cm³/mol. The van der Waals surface area contributed by atoms with Gasteiger partial charge in [0.1, 0.15) is 17.7 Å². The topological polar surface area (TPSA) is 70.9 Å². The molecule has 0 saturated carbocycles. The molecule has 4 heterocycles. The summed E-state index contributed by atoms with van der Waals surface area (Å²) in [5, 5.41) is 6.40. The first kappa shape index (κ1) is 26.2. The van der Waals surface area contributed by atoms with Gasteiger partial charge in [-0.15, -0.1) is 0 Å². The number of methoxy groups -OCH3 is 1. The van der Waals surface area contributed by atoms with Gasteiger partial charge in [-0.1, -0.05) is 17.4 Å². The third-order valence-electron chi connectivity index (χ3n) is 7.85. The first-order valence-corrected chi connectivity index (χ1v) is 14.5. The molecule has 10 heteroatoms. The van der Waals surface area contributed by atoms with Gasteiger partial charge in [0.2, 0.25) is 0 Å². The molecule has 1 amide bonds. The van der Waals surface area contributed by atoms with Crippen LogP contribution in [0.4, 0.5) is 8.78 Å². The van der Waals surface area contributed by atoms with E-state index >= 15 is 4.39 Å². The van der Waals surface area contributed by atoms with E-state index in [0.717, 1.165) is 66.2 Å². The van der Waals surface area contributed by atoms with Crippen molar-refractivity contribution in [3.05, 3.63) is 53.5 Å². The Bertz CT molecular complexity index is 1490. The summed E-state index contributed by atoms with van der Waals surface area (Å²) >= 11 is 1.45.